The van der Waals surface area contributed by atoms with Gasteiger partial charge in [-0.15, -0.1) is 0 Å². The summed E-state index contributed by atoms with van der Waals surface area (Å²) >= 11 is 6.19. The Labute approximate surface area is 379 Å². The van der Waals surface area contributed by atoms with E-state index in [1.165, 1.54) is 9.80 Å². The van der Waals surface area contributed by atoms with Crippen molar-refractivity contribution in [1.29, 1.82) is 0 Å². The fourth-order valence-electron chi connectivity index (χ4n) is 5.90. The van der Waals surface area contributed by atoms with Crippen LogP contribution in [0.3, 0.4) is 0 Å². The number of ether oxygens (including phenoxy) is 1. The predicted molar refractivity (Wildman–Crippen MR) is 212 cm³/mol. The molecule has 2 aliphatic heterocycles. The zero-order valence-corrected chi connectivity index (χ0v) is 35.6. The van der Waals surface area contributed by atoms with Crippen LogP contribution in [0.15, 0.2) is 60.7 Å². The van der Waals surface area contributed by atoms with Crippen LogP contribution in [0.4, 0.5) is 0 Å². The van der Waals surface area contributed by atoms with Gasteiger partial charge in [0.1, 0.15) is 5.75 Å². The van der Waals surface area contributed by atoms with Crippen molar-refractivity contribution in [2.75, 3.05) is 61.5 Å². The Morgan fingerprint density at radius 1 is 0.593 bits per heavy atom. The first-order valence-electron chi connectivity index (χ1n) is 14.9. The molecule has 0 aromatic heterocycles. The molecule has 0 radical (unpaired) electrons. The molecule has 10 nitrogen and oxygen atoms in total. The van der Waals surface area contributed by atoms with E-state index in [2.05, 4.69) is 0 Å². The predicted octanol–water partition coefficient (Wildman–Crippen LogP) is -0.733. The van der Waals surface area contributed by atoms with E-state index in [1.807, 2.05) is 56.2 Å². The number of carbonyl (C=O) groups excluding carboxylic acids is 4. The molecule has 0 saturated carbocycles. The van der Waals surface area contributed by atoms with Crippen molar-refractivity contribution in [3.63, 3.8) is 0 Å². The van der Waals surface area contributed by atoms with Crippen LogP contribution in [0.25, 0.3) is 21.5 Å². The minimum atomic E-state index is -0.232. The van der Waals surface area contributed by atoms with Gasteiger partial charge in [-0.3, -0.25) is 29.0 Å². The smallest absolute Gasteiger partial charge is 1.00 e. The molecule has 0 saturated heterocycles. The number of hydrogen-bond donors (Lipinski definition) is 0. The van der Waals surface area contributed by atoms with E-state index in [0.29, 0.717) is 56.9 Å². The summed E-state index contributed by atoms with van der Waals surface area (Å²) in [4.78, 5) is 57.5. The maximum atomic E-state index is 12.7. The van der Waals surface area contributed by atoms with Crippen LogP contribution in [0.1, 0.15) is 84.0 Å². The first-order valence-corrected chi connectivity index (χ1v) is 15.3. The third-order valence-electron chi connectivity index (χ3n) is 8.08. The van der Waals surface area contributed by atoms with E-state index in [4.69, 9.17) is 16.3 Å². The van der Waals surface area contributed by atoms with Gasteiger partial charge in [0.25, 0.3) is 23.6 Å². The first kappa shape index (κ1) is 61.2. The summed E-state index contributed by atoms with van der Waals surface area (Å²) < 4.78 is 5.35. The molecule has 290 valence electrons. The van der Waals surface area contributed by atoms with Gasteiger partial charge in [-0.1, -0.05) is 65.6 Å². The molecule has 0 fully saturated rings. The quantitative estimate of drug-likeness (QED) is 0.124. The van der Waals surface area contributed by atoms with Gasteiger partial charge in [0.2, 0.25) is 0 Å². The molecular formula is C40H57Cl2N4Na2O6-. The second kappa shape index (κ2) is 26.7. The normalized spacial score (nSPS) is 11.8. The van der Waals surface area contributed by atoms with Crippen LogP contribution in [-0.2, 0) is 0 Å². The Balaban J connectivity index is -0.000000254. The molecule has 2 heterocycles. The Morgan fingerprint density at radius 3 is 1.33 bits per heavy atom. The number of nitrogens with zero attached hydrogens (tertiary/aromatic N) is 4. The van der Waals surface area contributed by atoms with Gasteiger partial charge in [-0.05, 0) is 90.5 Å². The fourth-order valence-corrected chi connectivity index (χ4v) is 6.12. The van der Waals surface area contributed by atoms with Gasteiger partial charge in [-0.25, -0.2) is 0 Å². The summed E-state index contributed by atoms with van der Waals surface area (Å²) in [5, 5.41) is 3.49. The van der Waals surface area contributed by atoms with Gasteiger partial charge >= 0.3 is 59.1 Å². The van der Waals surface area contributed by atoms with Gasteiger partial charge in [0.15, 0.2) is 0 Å². The van der Waals surface area contributed by atoms with Crippen LogP contribution in [0.5, 0.6) is 5.75 Å². The molecule has 4 aromatic rings. The van der Waals surface area contributed by atoms with E-state index in [-0.39, 0.29) is 138 Å². The van der Waals surface area contributed by atoms with Crippen molar-refractivity contribution in [2.45, 2.75) is 42.5 Å². The minimum Gasteiger partial charge on any atom is -1.00 e. The topological polar surface area (TPSA) is 120 Å². The summed E-state index contributed by atoms with van der Waals surface area (Å²) in [6, 6.07) is 17.8. The molecule has 2 aliphatic rings. The van der Waals surface area contributed by atoms with Gasteiger partial charge in [-0.2, -0.15) is 0 Å². The van der Waals surface area contributed by atoms with E-state index in [1.54, 1.807) is 49.6 Å². The number of halogens is 2. The van der Waals surface area contributed by atoms with E-state index >= 15 is 0 Å². The fraction of sp³-hybridized carbons (Fsp3) is 0.375. The maximum absolute atomic E-state index is 12.7. The summed E-state index contributed by atoms with van der Waals surface area (Å²) in [6.45, 7) is 2.51. The molecule has 54 heavy (non-hydrogen) atoms. The summed E-state index contributed by atoms with van der Waals surface area (Å²) in [5.74, 6) is -0.235. The Morgan fingerprint density at radius 2 is 0.944 bits per heavy atom. The Bertz CT molecular complexity index is 1800. The molecule has 14 heteroatoms. The van der Waals surface area contributed by atoms with Crippen LogP contribution < -0.4 is 76.3 Å². The van der Waals surface area contributed by atoms with E-state index in [9.17, 15) is 19.2 Å². The molecule has 0 aliphatic carbocycles. The minimum absolute atomic E-state index is 0. The largest absolute Gasteiger partial charge is 1.00 e. The third kappa shape index (κ3) is 12.5. The van der Waals surface area contributed by atoms with Crippen molar-refractivity contribution in [3.05, 3.63) is 95.4 Å². The van der Waals surface area contributed by atoms with Gasteiger partial charge in [0, 0.05) is 61.9 Å². The number of benzene rings is 4. The molecule has 0 spiro atoms. The van der Waals surface area contributed by atoms with Gasteiger partial charge in [0.05, 0.1) is 7.11 Å². The number of hydrogen-bond acceptors (Lipinski definition) is 8. The van der Waals surface area contributed by atoms with Crippen molar-refractivity contribution in [2.24, 2.45) is 0 Å². The van der Waals surface area contributed by atoms with Gasteiger partial charge < -0.3 is 39.8 Å². The summed E-state index contributed by atoms with van der Waals surface area (Å²) in [7, 11) is 9.48. The number of imide groups is 2. The molecular weight excluding hydrogens is 749 g/mol. The molecule has 4 amide bonds. The number of rotatable bonds is 9. The van der Waals surface area contributed by atoms with Crippen LogP contribution >= 0.6 is 11.6 Å². The van der Waals surface area contributed by atoms with Crippen LogP contribution in [-0.4, -0.2) is 110 Å². The molecule has 6 rings (SSSR count). The average molecular weight is 807 g/mol. The third-order valence-corrected chi connectivity index (χ3v) is 8.41. The standard InChI is InChI=1S/C18H20N2O3.C17H17ClN2O2.4CH4.CH3.ClH.2Na.H2O/c1-19(2)10-5-11-20-17(21)13-7-4-6-12-15(23-3)9-8-14(16(12)13)18(20)22;1-19(2)9-4-10-20-16(21)12-6-3-5-11-14(18)8-7-13(15(11)12)17(20)22;;;;;;;;;/h4,6-9H,5,10-11H2,1-3H3;3,5-8H,4,9-10H2,1-2H3;4*1H4;1H3;1H;;;1H2/q;;;;;;-1;;2*+1;/p-2. The van der Waals surface area contributed by atoms with Crippen molar-refractivity contribution < 1.29 is 101 Å². The zero-order chi connectivity index (χ0) is 32.4. The maximum Gasteiger partial charge on any atom is 1.00 e. The van der Waals surface area contributed by atoms with Crippen molar-refractivity contribution in [1.82, 2.24) is 19.6 Å². The van der Waals surface area contributed by atoms with Crippen molar-refractivity contribution in [3.8, 4) is 5.75 Å². The van der Waals surface area contributed by atoms with E-state index in [0.717, 1.165) is 36.7 Å². The van der Waals surface area contributed by atoms with Crippen LogP contribution in [0.2, 0.25) is 5.02 Å². The molecule has 0 unspecified atom stereocenters. The average Bonchev–Trinajstić information content (AvgIpc) is 3.02. The Hall–Kier alpha value is -2.06. The molecule has 1 N–H and O–H groups in total. The molecule has 0 atom stereocenters. The molecule has 4 aromatic carbocycles. The SMILES string of the molecule is C.C.C.C.CN(C)CCCN1C(=O)c2cccc3c(Cl)ccc(c23)C1=O.COc1ccc2c3c(cccc13)C(=O)N(CCCN(C)C)C2=O.[CH3-].[Cl-].[Na+].[Na+].[OH-]. The second-order valence-corrected chi connectivity index (χ2v) is 12.1. The summed E-state index contributed by atoms with van der Waals surface area (Å²) in [6.07, 6.45) is 1.51. The first-order chi connectivity index (χ1) is 21.5. The number of methoxy groups -OCH3 is 1. The summed E-state index contributed by atoms with van der Waals surface area (Å²) in [5.41, 5.74) is 2.25. The monoisotopic (exact) mass is 805 g/mol. The zero-order valence-electron chi connectivity index (χ0n) is 30.0. The number of amides is 4. The molecule has 0 bridgehead atoms. The Kier molecular flexibility index (Phi) is 30.3. The van der Waals surface area contributed by atoms with Crippen molar-refractivity contribution >= 4 is 56.8 Å². The second-order valence-electron chi connectivity index (χ2n) is 11.7. The number of carbonyl (C=O) groups is 4. The van der Waals surface area contributed by atoms with E-state index < -0.39 is 0 Å². The van der Waals surface area contributed by atoms with Crippen LogP contribution in [0, 0.1) is 7.43 Å².